The van der Waals surface area contributed by atoms with Crippen molar-refractivity contribution in [2.24, 2.45) is 0 Å². The van der Waals surface area contributed by atoms with Gasteiger partial charge in [-0.3, -0.25) is 0 Å². The number of hydrogen-bond donors (Lipinski definition) is 0. The smallest absolute Gasteiger partial charge is 0.209 e. The van der Waals surface area contributed by atoms with Crippen LogP contribution in [0, 0.1) is 0 Å². The molecule has 1 aromatic carbocycles. The second-order valence-corrected chi connectivity index (χ2v) is 11.6. The van der Waals surface area contributed by atoms with Crippen molar-refractivity contribution in [3.05, 3.63) is 30.3 Å². The van der Waals surface area contributed by atoms with E-state index in [0.717, 1.165) is 12.5 Å². The van der Waals surface area contributed by atoms with Gasteiger partial charge in [0.25, 0.3) is 8.87 Å². The fourth-order valence-corrected chi connectivity index (χ4v) is 5.16. The fraction of sp³-hybridized carbons (Fsp3) is 0.333. The molecule has 0 aliphatic carbocycles. The molecule has 0 saturated carbocycles. The van der Waals surface area contributed by atoms with E-state index in [0.29, 0.717) is 0 Å². The molecule has 1 aromatic rings. The van der Waals surface area contributed by atoms with Crippen molar-refractivity contribution in [2.75, 3.05) is 12.5 Å². The highest BCUT2D eigenvalue weighted by Crippen LogP contribution is 2.59. The Hall–Kier alpha value is -0.690. The molecule has 0 atom stereocenters. The summed E-state index contributed by atoms with van der Waals surface area (Å²) in [5, 5.41) is 0. The van der Waals surface area contributed by atoms with E-state index in [2.05, 4.69) is 0 Å². The Kier molecular flexibility index (Phi) is 3.31. The Labute approximate surface area is 93.1 Å². The van der Waals surface area contributed by atoms with Crippen LogP contribution >= 0.6 is 9.06 Å². The maximum Gasteiger partial charge on any atom is 0.506 e. The summed E-state index contributed by atoms with van der Waals surface area (Å²) in [4.78, 5) is 0.201. The lowest BCUT2D eigenvalue weighted by Gasteiger charge is -2.31. The molecule has 0 N–H and O–H groups in total. The SMILES string of the molecule is CS(C)(c1ccccc1)S(=O)(=O)C(F)(F)F. The molecule has 1 rings (SSSR count). The Morgan fingerprint density at radius 2 is 1.44 bits per heavy atom. The zero-order valence-corrected chi connectivity index (χ0v) is 10.3. The second-order valence-electron chi connectivity index (χ2n) is 3.45. The van der Waals surface area contributed by atoms with Crippen LogP contribution in [0.1, 0.15) is 0 Å². The van der Waals surface area contributed by atoms with Crippen LogP contribution < -0.4 is 0 Å². The van der Waals surface area contributed by atoms with Crippen molar-refractivity contribution in [1.29, 1.82) is 0 Å². The molecule has 0 aromatic heterocycles. The molecule has 0 bridgehead atoms. The normalized spacial score (nSPS) is 14.8. The summed E-state index contributed by atoms with van der Waals surface area (Å²) in [7, 11) is -8.09. The van der Waals surface area contributed by atoms with Gasteiger partial charge in [-0.25, -0.2) is 8.42 Å². The van der Waals surface area contributed by atoms with E-state index in [-0.39, 0.29) is 4.90 Å². The molecule has 0 unspecified atom stereocenters. The Bertz CT molecular complexity index is 463. The molecule has 0 heterocycles. The average molecular weight is 272 g/mol. The first-order valence-electron chi connectivity index (χ1n) is 4.20. The minimum absolute atomic E-state index is 0.201. The summed E-state index contributed by atoms with van der Waals surface area (Å²) >= 11 is 0. The maximum atomic E-state index is 12.4. The highest BCUT2D eigenvalue weighted by molar-refractivity contribution is 8.90. The lowest BCUT2D eigenvalue weighted by Crippen LogP contribution is -2.27. The maximum absolute atomic E-state index is 12.4. The zero-order chi connectivity index (χ0) is 12.6. The topological polar surface area (TPSA) is 34.1 Å². The minimum Gasteiger partial charge on any atom is -0.209 e. The minimum atomic E-state index is -5.21. The first-order chi connectivity index (χ1) is 7.11. The number of hydrogen-bond acceptors (Lipinski definition) is 2. The Morgan fingerprint density at radius 3 is 1.81 bits per heavy atom. The van der Waals surface area contributed by atoms with Crippen LogP contribution in [0.25, 0.3) is 0 Å². The highest BCUT2D eigenvalue weighted by atomic mass is 33.2. The fourth-order valence-electron chi connectivity index (χ4n) is 1.11. The molecule has 7 heteroatoms. The van der Waals surface area contributed by atoms with Gasteiger partial charge >= 0.3 is 5.51 Å². The summed E-state index contributed by atoms with van der Waals surface area (Å²) in [6.07, 6.45) is 2.26. The summed E-state index contributed by atoms with van der Waals surface area (Å²) in [6.45, 7) is 0. The van der Waals surface area contributed by atoms with Crippen LogP contribution in [-0.4, -0.2) is 26.4 Å². The molecule has 0 fully saturated rings. The van der Waals surface area contributed by atoms with Gasteiger partial charge in [-0.1, -0.05) is 18.2 Å². The largest absolute Gasteiger partial charge is 0.506 e. The molecule has 0 radical (unpaired) electrons. The third kappa shape index (κ3) is 2.06. The van der Waals surface area contributed by atoms with Crippen LogP contribution in [-0.2, 0) is 8.87 Å². The van der Waals surface area contributed by atoms with Gasteiger partial charge < -0.3 is 0 Å². The average Bonchev–Trinajstić information content (AvgIpc) is 2.17. The molecular weight excluding hydrogens is 261 g/mol. The van der Waals surface area contributed by atoms with Crippen LogP contribution in [0.15, 0.2) is 35.2 Å². The Morgan fingerprint density at radius 1 is 1.00 bits per heavy atom. The second kappa shape index (κ2) is 3.96. The van der Waals surface area contributed by atoms with Crippen LogP contribution in [0.5, 0.6) is 0 Å². The van der Waals surface area contributed by atoms with E-state index in [9.17, 15) is 21.6 Å². The third-order valence-electron chi connectivity index (χ3n) is 2.14. The number of alkyl halides is 3. The predicted molar refractivity (Wildman–Crippen MR) is 59.1 cm³/mol. The monoisotopic (exact) mass is 272 g/mol. The van der Waals surface area contributed by atoms with E-state index >= 15 is 0 Å². The van der Waals surface area contributed by atoms with Crippen LogP contribution in [0.4, 0.5) is 13.2 Å². The van der Waals surface area contributed by atoms with E-state index in [1.165, 1.54) is 24.3 Å². The van der Waals surface area contributed by atoms with E-state index in [1.54, 1.807) is 6.07 Å². The van der Waals surface area contributed by atoms with Gasteiger partial charge in [0.2, 0.25) is 0 Å². The molecule has 0 spiro atoms. The van der Waals surface area contributed by atoms with Crippen molar-refractivity contribution in [3.8, 4) is 0 Å². The molecule has 0 saturated heterocycles. The van der Waals surface area contributed by atoms with E-state index in [4.69, 9.17) is 0 Å². The molecule has 92 valence electrons. The van der Waals surface area contributed by atoms with E-state index < -0.39 is 23.4 Å². The van der Waals surface area contributed by atoms with Crippen molar-refractivity contribution >= 4 is 17.9 Å². The number of benzene rings is 1. The van der Waals surface area contributed by atoms with Gasteiger partial charge in [-0.2, -0.15) is 13.2 Å². The van der Waals surface area contributed by atoms with Crippen LogP contribution in [0.3, 0.4) is 0 Å². The predicted octanol–water partition coefficient (Wildman–Crippen LogP) is 2.96. The van der Waals surface area contributed by atoms with Gasteiger partial charge in [0.05, 0.1) is 0 Å². The lowest BCUT2D eigenvalue weighted by molar-refractivity contribution is -0.0411. The van der Waals surface area contributed by atoms with Crippen molar-refractivity contribution < 1.29 is 21.6 Å². The first-order valence-corrected chi connectivity index (χ1v) is 8.65. The first kappa shape index (κ1) is 13.4. The van der Waals surface area contributed by atoms with Gasteiger partial charge in [0.1, 0.15) is 0 Å². The molecular formula is C9H11F3O2S2. The molecule has 0 aliphatic heterocycles. The number of halogens is 3. The molecule has 16 heavy (non-hydrogen) atoms. The summed E-state index contributed by atoms with van der Waals surface area (Å²) in [5.41, 5.74) is -5.21. The van der Waals surface area contributed by atoms with Gasteiger partial charge in [-0.15, -0.1) is 9.06 Å². The summed E-state index contributed by atoms with van der Waals surface area (Å²) in [5.74, 6) is 0. The van der Waals surface area contributed by atoms with Gasteiger partial charge in [-0.05, 0) is 24.6 Å². The summed E-state index contributed by atoms with van der Waals surface area (Å²) in [6, 6.07) is 7.47. The molecule has 0 aliphatic rings. The quantitative estimate of drug-likeness (QED) is 0.776. The Balaban J connectivity index is 3.34. The summed E-state index contributed by atoms with van der Waals surface area (Å²) < 4.78 is 60.1. The van der Waals surface area contributed by atoms with E-state index in [1.807, 2.05) is 0 Å². The van der Waals surface area contributed by atoms with Crippen molar-refractivity contribution in [1.82, 2.24) is 0 Å². The number of rotatable bonds is 2. The standard InChI is InChI=1S/C9H11F3O2S2/c1-15(2,8-6-4-3-5-7-8)16(13,14)9(10,11)12/h3-7H,1-2H3. The third-order valence-corrected chi connectivity index (χ3v) is 9.65. The van der Waals surface area contributed by atoms with Gasteiger partial charge in [0.15, 0.2) is 0 Å². The lowest BCUT2D eigenvalue weighted by atomic mass is 10.4. The van der Waals surface area contributed by atoms with Crippen molar-refractivity contribution in [3.63, 3.8) is 0 Å². The molecule has 0 amide bonds. The van der Waals surface area contributed by atoms with Crippen molar-refractivity contribution in [2.45, 2.75) is 10.4 Å². The molecule has 2 nitrogen and oxygen atoms in total. The van der Waals surface area contributed by atoms with Gasteiger partial charge in [0, 0.05) is 4.90 Å². The highest BCUT2D eigenvalue weighted by Gasteiger charge is 2.53. The zero-order valence-electron chi connectivity index (χ0n) is 8.65. The van der Waals surface area contributed by atoms with Crippen LogP contribution in [0.2, 0.25) is 0 Å².